The zero-order valence-corrected chi connectivity index (χ0v) is 13.3. The maximum absolute atomic E-state index is 11.9. The number of amides is 2. The molecule has 0 spiro atoms. The van der Waals surface area contributed by atoms with Crippen LogP contribution in [-0.4, -0.2) is 37.0 Å². The van der Waals surface area contributed by atoms with Crippen molar-refractivity contribution in [3.8, 4) is 0 Å². The molecule has 6 heteroatoms. The zero-order valence-electron chi connectivity index (χ0n) is 13.3. The number of ether oxygens (including phenoxy) is 1. The summed E-state index contributed by atoms with van der Waals surface area (Å²) in [5.74, 6) is -0.145. The Morgan fingerprint density at radius 3 is 2.43 bits per heavy atom. The first kappa shape index (κ1) is 17.5. The summed E-state index contributed by atoms with van der Waals surface area (Å²) in [4.78, 5) is 35.3. The van der Waals surface area contributed by atoms with Gasteiger partial charge < -0.3 is 15.4 Å². The van der Waals surface area contributed by atoms with E-state index in [9.17, 15) is 14.4 Å². The van der Waals surface area contributed by atoms with Gasteiger partial charge in [-0.3, -0.25) is 9.59 Å². The van der Waals surface area contributed by atoms with Gasteiger partial charge >= 0.3 is 5.97 Å². The van der Waals surface area contributed by atoms with Crippen molar-refractivity contribution in [1.82, 2.24) is 10.6 Å². The molecule has 0 radical (unpaired) electrons. The van der Waals surface area contributed by atoms with Gasteiger partial charge in [0.15, 0.2) is 0 Å². The number of carbonyl (C=O) groups is 3. The van der Waals surface area contributed by atoms with Crippen LogP contribution in [0.2, 0.25) is 0 Å². The van der Waals surface area contributed by atoms with E-state index in [0.29, 0.717) is 12.3 Å². The molecule has 0 aromatic heterocycles. The number of rotatable bonds is 8. The highest BCUT2D eigenvalue weighted by atomic mass is 16.5. The molecule has 2 amide bonds. The van der Waals surface area contributed by atoms with E-state index < -0.39 is 11.5 Å². The summed E-state index contributed by atoms with van der Waals surface area (Å²) >= 11 is 0. The van der Waals surface area contributed by atoms with E-state index in [1.165, 1.54) is 7.11 Å². The molecule has 0 aromatic carbocycles. The number of esters is 1. The Hall–Kier alpha value is -1.59. The minimum absolute atomic E-state index is 0.0135. The van der Waals surface area contributed by atoms with Gasteiger partial charge in [-0.25, -0.2) is 4.79 Å². The number of hydrogen-bond acceptors (Lipinski definition) is 4. The molecule has 120 valence electrons. The third-order valence-electron chi connectivity index (χ3n) is 3.90. The second-order valence-corrected chi connectivity index (χ2v) is 5.98. The molecule has 1 aliphatic rings. The quantitative estimate of drug-likeness (QED) is 0.655. The molecule has 3 unspecified atom stereocenters. The molecule has 21 heavy (non-hydrogen) atoms. The molecule has 6 nitrogen and oxygen atoms in total. The van der Waals surface area contributed by atoms with Crippen LogP contribution in [0, 0.1) is 11.8 Å². The summed E-state index contributed by atoms with van der Waals surface area (Å²) in [6.07, 6.45) is 2.34. The Bertz CT molecular complexity index is 410. The van der Waals surface area contributed by atoms with Crippen LogP contribution in [0.4, 0.5) is 0 Å². The van der Waals surface area contributed by atoms with Crippen LogP contribution >= 0.6 is 0 Å². The van der Waals surface area contributed by atoms with Gasteiger partial charge in [0.05, 0.1) is 7.11 Å². The molecule has 0 aliphatic heterocycles. The average Bonchev–Trinajstić information content (AvgIpc) is 3.15. The molecule has 1 rings (SSSR count). The second kappa shape index (κ2) is 7.43. The highest BCUT2D eigenvalue weighted by Gasteiger charge is 2.39. The fourth-order valence-corrected chi connectivity index (χ4v) is 2.43. The fourth-order valence-electron chi connectivity index (χ4n) is 2.43. The van der Waals surface area contributed by atoms with Gasteiger partial charge in [-0.1, -0.05) is 20.3 Å². The van der Waals surface area contributed by atoms with Gasteiger partial charge in [0.2, 0.25) is 11.8 Å². The van der Waals surface area contributed by atoms with E-state index in [1.54, 1.807) is 6.92 Å². The lowest BCUT2D eigenvalue weighted by Gasteiger charge is -2.27. The maximum Gasteiger partial charge on any atom is 0.331 e. The van der Waals surface area contributed by atoms with E-state index in [0.717, 1.165) is 12.8 Å². The van der Waals surface area contributed by atoms with Crippen molar-refractivity contribution < 1.29 is 19.1 Å². The van der Waals surface area contributed by atoms with E-state index in [1.807, 2.05) is 13.8 Å². The molecule has 1 aliphatic carbocycles. The summed E-state index contributed by atoms with van der Waals surface area (Å²) < 4.78 is 4.74. The van der Waals surface area contributed by atoms with Gasteiger partial charge in [-0.15, -0.1) is 0 Å². The molecule has 3 atom stereocenters. The lowest BCUT2D eigenvalue weighted by Crippen LogP contribution is -2.53. The molecule has 0 aromatic rings. The molecular weight excluding hydrogens is 272 g/mol. The second-order valence-electron chi connectivity index (χ2n) is 5.98. The summed E-state index contributed by atoms with van der Waals surface area (Å²) in [5, 5.41) is 5.46. The van der Waals surface area contributed by atoms with Crippen molar-refractivity contribution >= 4 is 17.8 Å². The number of nitrogens with one attached hydrogen (secondary N) is 2. The SMILES string of the molecule is CCCC(C)(NC(=O)CCNC(=O)C1CC1C)C(=O)OC. The van der Waals surface area contributed by atoms with Crippen LogP contribution in [-0.2, 0) is 19.1 Å². The van der Waals surface area contributed by atoms with Crippen molar-refractivity contribution in [2.24, 2.45) is 11.8 Å². The lowest BCUT2D eigenvalue weighted by atomic mass is 9.96. The predicted octanol–water partition coefficient (Wildman–Crippen LogP) is 0.997. The van der Waals surface area contributed by atoms with Crippen molar-refractivity contribution in [2.45, 2.75) is 52.0 Å². The summed E-state index contributed by atoms with van der Waals surface area (Å²) in [6, 6.07) is 0. The molecule has 1 saturated carbocycles. The monoisotopic (exact) mass is 298 g/mol. The summed E-state index contributed by atoms with van der Waals surface area (Å²) in [7, 11) is 1.30. The normalized spacial score (nSPS) is 22.9. The molecular formula is C15H26N2O4. The van der Waals surface area contributed by atoms with Gasteiger partial charge in [-0.05, 0) is 25.7 Å². The largest absolute Gasteiger partial charge is 0.467 e. The molecule has 0 saturated heterocycles. The Morgan fingerprint density at radius 2 is 1.95 bits per heavy atom. The topological polar surface area (TPSA) is 84.5 Å². The van der Waals surface area contributed by atoms with E-state index in [-0.39, 0.29) is 30.7 Å². The Kier molecular flexibility index (Phi) is 6.18. The van der Waals surface area contributed by atoms with Crippen molar-refractivity contribution in [1.29, 1.82) is 0 Å². The van der Waals surface area contributed by atoms with Crippen LogP contribution in [0.15, 0.2) is 0 Å². The summed E-state index contributed by atoms with van der Waals surface area (Å²) in [5.41, 5.74) is -1.00. The van der Waals surface area contributed by atoms with Crippen molar-refractivity contribution in [2.75, 3.05) is 13.7 Å². The fraction of sp³-hybridized carbons (Fsp3) is 0.800. The predicted molar refractivity (Wildman–Crippen MR) is 78.4 cm³/mol. The third kappa shape index (κ3) is 5.02. The van der Waals surface area contributed by atoms with Crippen LogP contribution in [0.3, 0.4) is 0 Å². The van der Waals surface area contributed by atoms with Crippen LogP contribution in [0.25, 0.3) is 0 Å². The number of carbonyl (C=O) groups excluding carboxylic acids is 3. The first-order valence-electron chi connectivity index (χ1n) is 7.51. The van der Waals surface area contributed by atoms with E-state index >= 15 is 0 Å². The Labute approximate surface area is 126 Å². The van der Waals surface area contributed by atoms with Gasteiger partial charge in [0.1, 0.15) is 5.54 Å². The smallest absolute Gasteiger partial charge is 0.331 e. The number of methoxy groups -OCH3 is 1. The van der Waals surface area contributed by atoms with Crippen molar-refractivity contribution in [3.63, 3.8) is 0 Å². The van der Waals surface area contributed by atoms with Gasteiger partial charge in [0.25, 0.3) is 0 Å². The van der Waals surface area contributed by atoms with E-state index in [2.05, 4.69) is 10.6 Å². The highest BCUT2D eigenvalue weighted by molar-refractivity contribution is 5.88. The third-order valence-corrected chi connectivity index (χ3v) is 3.90. The summed E-state index contributed by atoms with van der Waals surface area (Å²) in [6.45, 7) is 5.91. The van der Waals surface area contributed by atoms with Crippen LogP contribution < -0.4 is 10.6 Å². The Morgan fingerprint density at radius 1 is 1.33 bits per heavy atom. The standard InChI is InChI=1S/C15H26N2O4/c1-5-7-15(3,14(20)21-4)17-12(18)6-8-16-13(19)11-9-10(11)2/h10-11H,5-9H2,1-4H3,(H,16,19)(H,17,18). The first-order valence-corrected chi connectivity index (χ1v) is 7.51. The molecule has 0 bridgehead atoms. The highest BCUT2D eigenvalue weighted by Crippen LogP contribution is 2.37. The van der Waals surface area contributed by atoms with Crippen LogP contribution in [0.5, 0.6) is 0 Å². The first-order chi connectivity index (χ1) is 9.84. The van der Waals surface area contributed by atoms with Crippen molar-refractivity contribution in [3.05, 3.63) is 0 Å². The average molecular weight is 298 g/mol. The van der Waals surface area contributed by atoms with Crippen LogP contribution in [0.1, 0.15) is 46.5 Å². The van der Waals surface area contributed by atoms with Gasteiger partial charge in [0, 0.05) is 18.9 Å². The molecule has 1 fully saturated rings. The lowest BCUT2D eigenvalue weighted by molar-refractivity contribution is -0.150. The van der Waals surface area contributed by atoms with Gasteiger partial charge in [-0.2, -0.15) is 0 Å². The van der Waals surface area contributed by atoms with E-state index in [4.69, 9.17) is 4.74 Å². The minimum Gasteiger partial charge on any atom is -0.467 e. The maximum atomic E-state index is 11.9. The molecule has 0 heterocycles. The Balaban J connectivity index is 2.36. The molecule has 2 N–H and O–H groups in total. The minimum atomic E-state index is -1.00. The zero-order chi connectivity index (χ0) is 16.0. The number of hydrogen-bond donors (Lipinski definition) is 2.